The molecule has 2 rings (SSSR count). The molecule has 0 bridgehead atoms. The summed E-state index contributed by atoms with van der Waals surface area (Å²) in [5, 5.41) is 3.58. The molecule has 2 aromatic rings. The number of para-hydroxylation sites is 2. The van der Waals surface area contributed by atoms with Gasteiger partial charge < -0.3 is 10.1 Å². The van der Waals surface area contributed by atoms with Gasteiger partial charge in [0.1, 0.15) is 5.75 Å². The average Bonchev–Trinajstić information content (AvgIpc) is 2.53. The molecule has 1 N–H and O–H groups in total. The van der Waals surface area contributed by atoms with E-state index in [1.165, 1.54) is 11.8 Å². The number of carbonyl (C=O) groups is 1. The normalized spacial score (nSPS) is 10.3. The topological polar surface area (TPSA) is 38.3 Å². The van der Waals surface area contributed by atoms with Gasteiger partial charge in [0.15, 0.2) is 0 Å². The number of carbonyl (C=O) groups excluding carboxylic acids is 1. The molecule has 5 heteroatoms. The second-order valence-corrected chi connectivity index (χ2v) is 6.12. The molecule has 0 atom stereocenters. The van der Waals surface area contributed by atoms with Gasteiger partial charge in [-0.15, -0.1) is 11.8 Å². The molecule has 0 heterocycles. The number of rotatable bonds is 7. The minimum Gasteiger partial charge on any atom is -0.491 e. The van der Waals surface area contributed by atoms with Gasteiger partial charge in [-0.05, 0) is 42.8 Å². The fourth-order valence-electron chi connectivity index (χ4n) is 1.77. The van der Waals surface area contributed by atoms with Crippen LogP contribution in [0, 0.1) is 0 Å². The van der Waals surface area contributed by atoms with Crippen LogP contribution in [0.25, 0.3) is 0 Å². The van der Waals surface area contributed by atoms with Crippen LogP contribution in [0.1, 0.15) is 13.3 Å². The van der Waals surface area contributed by atoms with Crippen LogP contribution in [0.3, 0.4) is 0 Å². The highest BCUT2D eigenvalue weighted by atomic mass is 35.5. The number of ether oxygens (including phenoxy) is 1. The molecule has 0 aliphatic heterocycles. The Morgan fingerprint density at radius 1 is 1.18 bits per heavy atom. The first-order valence-electron chi connectivity index (χ1n) is 7.09. The molecular formula is C17H18ClNO2S. The van der Waals surface area contributed by atoms with Crippen LogP contribution in [-0.4, -0.2) is 18.3 Å². The van der Waals surface area contributed by atoms with Gasteiger partial charge >= 0.3 is 0 Å². The summed E-state index contributed by atoms with van der Waals surface area (Å²) < 4.78 is 5.63. The molecule has 0 fully saturated rings. The van der Waals surface area contributed by atoms with Crippen LogP contribution in [0.2, 0.25) is 5.02 Å². The Morgan fingerprint density at radius 3 is 2.64 bits per heavy atom. The molecule has 116 valence electrons. The molecule has 1 amide bonds. The van der Waals surface area contributed by atoms with Gasteiger partial charge in [0.05, 0.1) is 18.0 Å². The number of hydrogen-bond donors (Lipinski definition) is 1. The van der Waals surface area contributed by atoms with E-state index < -0.39 is 0 Å². The van der Waals surface area contributed by atoms with E-state index in [0.717, 1.165) is 11.3 Å². The first kappa shape index (κ1) is 16.7. The highest BCUT2D eigenvalue weighted by Crippen LogP contribution is 2.25. The summed E-state index contributed by atoms with van der Waals surface area (Å²) in [4.78, 5) is 13.1. The Labute approximate surface area is 140 Å². The van der Waals surface area contributed by atoms with Gasteiger partial charge in [-0.3, -0.25) is 4.79 Å². The first-order valence-corrected chi connectivity index (χ1v) is 8.45. The molecule has 2 aromatic carbocycles. The molecule has 0 spiro atoms. The molecule has 3 nitrogen and oxygen atoms in total. The molecule has 0 aliphatic rings. The van der Waals surface area contributed by atoms with Crippen molar-refractivity contribution in [3.05, 3.63) is 53.6 Å². The Balaban J connectivity index is 1.90. The summed E-state index contributed by atoms with van der Waals surface area (Å²) in [5.41, 5.74) is 0.706. The van der Waals surface area contributed by atoms with E-state index in [4.69, 9.17) is 16.3 Å². The third-order valence-corrected chi connectivity index (χ3v) is 4.07. The quantitative estimate of drug-likeness (QED) is 0.734. The fourth-order valence-corrected chi connectivity index (χ4v) is 2.60. The highest BCUT2D eigenvalue weighted by molar-refractivity contribution is 8.00. The minimum absolute atomic E-state index is 0.0625. The van der Waals surface area contributed by atoms with Gasteiger partial charge in [0.25, 0.3) is 0 Å². The monoisotopic (exact) mass is 335 g/mol. The van der Waals surface area contributed by atoms with E-state index in [1.54, 1.807) is 0 Å². The Morgan fingerprint density at radius 2 is 1.91 bits per heavy atom. The number of benzene rings is 2. The van der Waals surface area contributed by atoms with Crippen molar-refractivity contribution in [2.75, 3.05) is 17.7 Å². The van der Waals surface area contributed by atoms with E-state index in [1.807, 2.05) is 55.5 Å². The number of hydrogen-bond acceptors (Lipinski definition) is 3. The molecule has 0 aromatic heterocycles. The van der Waals surface area contributed by atoms with Crippen molar-refractivity contribution in [2.24, 2.45) is 0 Å². The molecule has 0 unspecified atom stereocenters. The van der Waals surface area contributed by atoms with Crippen LogP contribution in [-0.2, 0) is 4.79 Å². The van der Waals surface area contributed by atoms with Crippen molar-refractivity contribution in [3.63, 3.8) is 0 Å². The summed E-state index contributed by atoms with van der Waals surface area (Å²) >= 11 is 7.31. The molecular weight excluding hydrogens is 318 g/mol. The number of halogens is 1. The molecule has 0 saturated heterocycles. The standard InChI is InChI=1S/C17H18ClNO2S/c1-2-11-21-16-6-4-3-5-15(16)19-17(20)12-22-14-9-7-13(18)8-10-14/h3-10H,2,11-12H2,1H3,(H,19,20). The predicted octanol–water partition coefficient (Wildman–Crippen LogP) is 4.86. The predicted molar refractivity (Wildman–Crippen MR) is 93.0 cm³/mol. The lowest BCUT2D eigenvalue weighted by molar-refractivity contribution is -0.113. The second kappa shape index (κ2) is 8.71. The zero-order chi connectivity index (χ0) is 15.8. The first-order chi connectivity index (χ1) is 10.7. The zero-order valence-corrected chi connectivity index (χ0v) is 13.9. The van der Waals surface area contributed by atoms with Gasteiger partial charge in [0, 0.05) is 9.92 Å². The SMILES string of the molecule is CCCOc1ccccc1NC(=O)CSc1ccc(Cl)cc1. The van der Waals surface area contributed by atoms with Gasteiger partial charge in [-0.1, -0.05) is 30.7 Å². The maximum atomic E-state index is 12.1. The number of anilines is 1. The third kappa shape index (κ3) is 5.28. The van der Waals surface area contributed by atoms with Crippen molar-refractivity contribution in [1.29, 1.82) is 0 Å². The van der Waals surface area contributed by atoms with Crippen LogP contribution in [0.15, 0.2) is 53.4 Å². The van der Waals surface area contributed by atoms with E-state index in [9.17, 15) is 4.79 Å². The fraction of sp³-hybridized carbons (Fsp3) is 0.235. The lowest BCUT2D eigenvalue weighted by Crippen LogP contribution is -2.15. The second-order valence-electron chi connectivity index (χ2n) is 4.64. The van der Waals surface area contributed by atoms with E-state index in [0.29, 0.717) is 28.8 Å². The van der Waals surface area contributed by atoms with Crippen molar-refractivity contribution in [1.82, 2.24) is 0 Å². The third-order valence-electron chi connectivity index (χ3n) is 2.81. The maximum absolute atomic E-state index is 12.1. The van der Waals surface area contributed by atoms with Crippen LogP contribution in [0.4, 0.5) is 5.69 Å². The van der Waals surface area contributed by atoms with Crippen LogP contribution < -0.4 is 10.1 Å². The molecule has 0 saturated carbocycles. The van der Waals surface area contributed by atoms with Crippen molar-refractivity contribution in [2.45, 2.75) is 18.2 Å². The molecule has 0 radical (unpaired) electrons. The lowest BCUT2D eigenvalue weighted by atomic mass is 10.3. The Hall–Kier alpha value is -1.65. The lowest BCUT2D eigenvalue weighted by Gasteiger charge is -2.11. The number of thioether (sulfide) groups is 1. The highest BCUT2D eigenvalue weighted by Gasteiger charge is 2.08. The van der Waals surface area contributed by atoms with Crippen LogP contribution >= 0.6 is 23.4 Å². The minimum atomic E-state index is -0.0625. The largest absolute Gasteiger partial charge is 0.491 e. The number of nitrogens with one attached hydrogen (secondary N) is 1. The van der Waals surface area contributed by atoms with E-state index >= 15 is 0 Å². The smallest absolute Gasteiger partial charge is 0.234 e. The Bertz CT molecular complexity index is 616. The summed E-state index contributed by atoms with van der Waals surface area (Å²) in [5.74, 6) is 0.978. The van der Waals surface area contributed by atoms with Crippen molar-refractivity contribution in [3.8, 4) is 5.75 Å². The van der Waals surface area contributed by atoms with Gasteiger partial charge in [-0.25, -0.2) is 0 Å². The summed E-state index contributed by atoms with van der Waals surface area (Å²) in [6, 6.07) is 14.9. The Kier molecular flexibility index (Phi) is 6.62. The number of amides is 1. The van der Waals surface area contributed by atoms with E-state index in [2.05, 4.69) is 5.32 Å². The van der Waals surface area contributed by atoms with Crippen molar-refractivity contribution < 1.29 is 9.53 Å². The average molecular weight is 336 g/mol. The molecule has 22 heavy (non-hydrogen) atoms. The van der Waals surface area contributed by atoms with Gasteiger partial charge in [0.2, 0.25) is 5.91 Å². The molecule has 0 aliphatic carbocycles. The van der Waals surface area contributed by atoms with Crippen molar-refractivity contribution >= 4 is 35.0 Å². The van der Waals surface area contributed by atoms with Gasteiger partial charge in [-0.2, -0.15) is 0 Å². The maximum Gasteiger partial charge on any atom is 0.234 e. The summed E-state index contributed by atoms with van der Waals surface area (Å²) in [6.07, 6.45) is 0.925. The zero-order valence-electron chi connectivity index (χ0n) is 12.3. The van der Waals surface area contributed by atoms with E-state index in [-0.39, 0.29) is 5.91 Å². The van der Waals surface area contributed by atoms with Crippen LogP contribution in [0.5, 0.6) is 5.75 Å². The summed E-state index contributed by atoms with van der Waals surface area (Å²) in [7, 11) is 0. The summed E-state index contributed by atoms with van der Waals surface area (Å²) in [6.45, 7) is 2.68.